The van der Waals surface area contributed by atoms with E-state index in [2.05, 4.69) is 4.98 Å². The highest BCUT2D eigenvalue weighted by Crippen LogP contribution is 2.45. The minimum Gasteiger partial charge on any atom is -0.376 e. The van der Waals surface area contributed by atoms with E-state index in [4.69, 9.17) is 0 Å². The number of ketones is 2. The number of hydrogen-bond acceptors (Lipinski definition) is 7. The monoisotopic (exact) mass is 365 g/mol. The van der Waals surface area contributed by atoms with E-state index in [1.807, 2.05) is 20.1 Å². The Balaban J connectivity index is 2.16. The highest BCUT2D eigenvalue weighted by atomic mass is 32.2. The van der Waals surface area contributed by atoms with Crippen LogP contribution in [0.5, 0.6) is 0 Å². The second-order valence-electron chi connectivity index (χ2n) is 7.73. The van der Waals surface area contributed by atoms with Crippen molar-refractivity contribution in [2.75, 3.05) is 24.4 Å². The zero-order valence-electron chi connectivity index (χ0n) is 15.0. The van der Waals surface area contributed by atoms with Crippen molar-refractivity contribution in [3.05, 3.63) is 15.9 Å². The molecular formula is C17H23N3O4S. The molecule has 1 saturated carbocycles. The van der Waals surface area contributed by atoms with Gasteiger partial charge in [0.2, 0.25) is 0 Å². The van der Waals surface area contributed by atoms with Crippen LogP contribution in [-0.2, 0) is 23.1 Å². The zero-order valence-corrected chi connectivity index (χ0v) is 15.8. The molecular weight excluding hydrogens is 342 g/mol. The summed E-state index contributed by atoms with van der Waals surface area (Å²) in [6.07, 6.45) is 2.48. The Morgan fingerprint density at radius 3 is 2.28 bits per heavy atom. The highest BCUT2D eigenvalue weighted by molar-refractivity contribution is 7.98. The lowest BCUT2D eigenvalue weighted by Crippen LogP contribution is -2.58. The largest absolute Gasteiger partial charge is 0.376 e. The molecule has 0 aromatic carbocycles. The molecule has 25 heavy (non-hydrogen) atoms. The molecule has 1 aliphatic carbocycles. The van der Waals surface area contributed by atoms with E-state index in [0.717, 1.165) is 0 Å². The molecule has 8 heteroatoms. The van der Waals surface area contributed by atoms with Crippen LogP contribution in [0.3, 0.4) is 0 Å². The van der Waals surface area contributed by atoms with Gasteiger partial charge in [0.25, 0.3) is 5.56 Å². The van der Waals surface area contributed by atoms with E-state index in [0.29, 0.717) is 29.4 Å². The molecule has 1 N–H and O–H groups in total. The van der Waals surface area contributed by atoms with E-state index in [-0.39, 0.29) is 35.5 Å². The summed E-state index contributed by atoms with van der Waals surface area (Å²) in [7, 11) is 1.62. The van der Waals surface area contributed by atoms with Crippen molar-refractivity contribution in [3.8, 4) is 0 Å². The number of thioether (sulfide) groups is 1. The molecule has 2 heterocycles. The van der Waals surface area contributed by atoms with Gasteiger partial charge in [-0.1, -0.05) is 25.6 Å². The number of anilines is 1. The van der Waals surface area contributed by atoms with Crippen LogP contribution in [0, 0.1) is 10.8 Å². The van der Waals surface area contributed by atoms with Crippen molar-refractivity contribution in [1.29, 1.82) is 0 Å². The lowest BCUT2D eigenvalue weighted by atomic mass is 9.60. The molecule has 1 aromatic heterocycles. The number of nitrogens with zero attached hydrogens (tertiary/aromatic N) is 3. The second-order valence-corrected chi connectivity index (χ2v) is 8.50. The van der Waals surface area contributed by atoms with Gasteiger partial charge in [0, 0.05) is 32.9 Å². The lowest BCUT2D eigenvalue weighted by Gasteiger charge is -2.46. The Labute approximate surface area is 150 Å². The van der Waals surface area contributed by atoms with Crippen LogP contribution in [0.15, 0.2) is 9.95 Å². The van der Waals surface area contributed by atoms with E-state index in [1.165, 1.54) is 21.2 Å². The van der Waals surface area contributed by atoms with Crippen molar-refractivity contribution >= 4 is 29.1 Å². The van der Waals surface area contributed by atoms with Crippen molar-refractivity contribution in [2.24, 2.45) is 17.9 Å². The Kier molecular flexibility index (Phi) is 4.31. The summed E-state index contributed by atoms with van der Waals surface area (Å²) in [5.74, 6) is 0.0914. The molecule has 0 saturated heterocycles. The van der Waals surface area contributed by atoms with Crippen LogP contribution in [0.25, 0.3) is 0 Å². The van der Waals surface area contributed by atoms with Crippen LogP contribution in [0.2, 0.25) is 0 Å². The van der Waals surface area contributed by atoms with Gasteiger partial charge in [0.05, 0.1) is 5.56 Å². The summed E-state index contributed by atoms with van der Waals surface area (Å²) < 4.78 is 1.43. The number of fused-ring (bicyclic) bond motifs is 1. The average molecular weight is 365 g/mol. The number of aromatic nitrogens is 2. The number of rotatable bonds is 2. The maximum Gasteiger partial charge on any atom is 0.259 e. The Morgan fingerprint density at radius 1 is 1.16 bits per heavy atom. The van der Waals surface area contributed by atoms with Crippen molar-refractivity contribution in [1.82, 2.24) is 9.55 Å². The zero-order chi connectivity index (χ0) is 18.6. The summed E-state index contributed by atoms with van der Waals surface area (Å²) >= 11 is 1.33. The third kappa shape index (κ3) is 2.71. The Bertz CT molecular complexity index is 795. The van der Waals surface area contributed by atoms with E-state index < -0.39 is 12.1 Å². The molecule has 0 atom stereocenters. The third-order valence-corrected chi connectivity index (χ3v) is 5.99. The molecule has 0 bridgehead atoms. The summed E-state index contributed by atoms with van der Waals surface area (Å²) in [6, 6.07) is 0. The maximum absolute atomic E-state index is 12.9. The van der Waals surface area contributed by atoms with Gasteiger partial charge in [-0.25, -0.2) is 4.98 Å². The van der Waals surface area contributed by atoms with Gasteiger partial charge in [-0.05, 0) is 11.7 Å². The number of aliphatic hydroxyl groups is 1. The van der Waals surface area contributed by atoms with Crippen LogP contribution in [-0.4, -0.2) is 45.8 Å². The van der Waals surface area contributed by atoms with Gasteiger partial charge in [0.15, 0.2) is 5.16 Å². The minimum atomic E-state index is -1.25. The summed E-state index contributed by atoms with van der Waals surface area (Å²) in [5, 5.41) is 10.3. The van der Waals surface area contributed by atoms with Gasteiger partial charge >= 0.3 is 0 Å². The fraction of sp³-hybridized carbons (Fsp3) is 0.647. The fourth-order valence-electron chi connectivity index (χ4n) is 3.89. The molecule has 0 amide bonds. The van der Waals surface area contributed by atoms with E-state index >= 15 is 0 Å². The summed E-state index contributed by atoms with van der Waals surface area (Å²) in [4.78, 5) is 44.6. The van der Waals surface area contributed by atoms with Crippen LogP contribution in [0.4, 0.5) is 5.82 Å². The SMILES string of the molecule is CSc1nc2c(c(=O)n1C)CC1(CN2CO)C(=O)CC(C)(C)CC1=O. The Morgan fingerprint density at radius 2 is 1.76 bits per heavy atom. The number of carbonyl (C=O) groups is 2. The van der Waals surface area contributed by atoms with Crippen molar-refractivity contribution in [3.63, 3.8) is 0 Å². The number of Topliss-reactive ketones (excluding diaryl/α,β-unsaturated/α-hetero) is 2. The first-order chi connectivity index (χ1) is 11.6. The molecule has 3 rings (SSSR count). The molecule has 1 aliphatic heterocycles. The second kappa shape index (κ2) is 5.95. The molecule has 1 aromatic rings. The molecule has 0 radical (unpaired) electrons. The predicted octanol–water partition coefficient (Wildman–Crippen LogP) is 0.759. The third-order valence-electron chi connectivity index (χ3n) is 5.26. The van der Waals surface area contributed by atoms with Gasteiger partial charge in [-0.3, -0.25) is 19.0 Å². The van der Waals surface area contributed by atoms with Gasteiger partial charge < -0.3 is 10.0 Å². The minimum absolute atomic E-state index is 0.0704. The molecule has 0 unspecified atom stereocenters. The quantitative estimate of drug-likeness (QED) is 0.470. The molecule has 7 nitrogen and oxygen atoms in total. The predicted molar refractivity (Wildman–Crippen MR) is 94.9 cm³/mol. The molecule has 1 fully saturated rings. The molecule has 2 aliphatic rings. The summed E-state index contributed by atoms with van der Waals surface area (Å²) in [5.41, 5.74) is -1.55. The summed E-state index contributed by atoms with van der Waals surface area (Å²) in [6.45, 7) is 3.49. The maximum atomic E-state index is 12.9. The topological polar surface area (TPSA) is 92.5 Å². The van der Waals surface area contributed by atoms with Crippen molar-refractivity contribution in [2.45, 2.75) is 38.3 Å². The van der Waals surface area contributed by atoms with E-state index in [9.17, 15) is 19.5 Å². The van der Waals surface area contributed by atoms with Crippen LogP contribution >= 0.6 is 11.8 Å². The normalized spacial score (nSPS) is 21.6. The molecule has 1 spiro atoms. The van der Waals surface area contributed by atoms with Crippen molar-refractivity contribution < 1.29 is 14.7 Å². The number of hydrogen-bond donors (Lipinski definition) is 1. The van der Waals surface area contributed by atoms with E-state index in [1.54, 1.807) is 7.05 Å². The van der Waals surface area contributed by atoms with Crippen LogP contribution < -0.4 is 10.5 Å². The van der Waals surface area contributed by atoms with Gasteiger partial charge in [-0.2, -0.15) is 0 Å². The first kappa shape index (κ1) is 18.1. The smallest absolute Gasteiger partial charge is 0.259 e. The average Bonchev–Trinajstić information content (AvgIpc) is 2.55. The van der Waals surface area contributed by atoms with Crippen LogP contribution in [0.1, 0.15) is 32.3 Å². The highest BCUT2D eigenvalue weighted by Gasteiger charge is 2.55. The first-order valence-electron chi connectivity index (χ1n) is 8.21. The standard InChI is InChI=1S/C17H23N3O4S/c1-16(2)6-11(22)17(12(23)7-16)5-10-13(20(8-17)9-21)18-15(25-4)19(3)14(10)24/h21H,5-9H2,1-4H3. The number of carbonyl (C=O) groups excluding carboxylic acids is 2. The van der Waals surface area contributed by atoms with Gasteiger partial charge in [0.1, 0.15) is 29.5 Å². The lowest BCUT2D eigenvalue weighted by molar-refractivity contribution is -0.148. The fourth-order valence-corrected chi connectivity index (χ4v) is 4.43. The first-order valence-corrected chi connectivity index (χ1v) is 9.44. The Hall–Kier alpha value is -1.67. The number of aliphatic hydroxyl groups excluding tert-OH is 1. The van der Waals surface area contributed by atoms with Gasteiger partial charge in [-0.15, -0.1) is 0 Å². The molecule has 136 valence electrons.